The van der Waals surface area contributed by atoms with Crippen molar-refractivity contribution in [2.45, 2.75) is 33.3 Å². The minimum atomic E-state index is -0.00486. The average molecular weight is 270 g/mol. The first-order chi connectivity index (χ1) is 8.92. The molecule has 2 heterocycles. The van der Waals surface area contributed by atoms with Gasteiger partial charge >= 0.3 is 0 Å². The SMILES string of the molecule is CCOCCN1CC2(C1)CN(CCOC(C)(C)C)C2. The lowest BCUT2D eigenvalue weighted by molar-refractivity contribution is -0.128. The minimum absolute atomic E-state index is 0.00486. The summed E-state index contributed by atoms with van der Waals surface area (Å²) in [6.07, 6.45) is 0. The Morgan fingerprint density at radius 3 is 1.95 bits per heavy atom. The van der Waals surface area contributed by atoms with Crippen molar-refractivity contribution in [3.63, 3.8) is 0 Å². The summed E-state index contributed by atoms with van der Waals surface area (Å²) in [5.74, 6) is 0. The fourth-order valence-corrected chi connectivity index (χ4v) is 3.14. The maximum atomic E-state index is 5.77. The topological polar surface area (TPSA) is 24.9 Å². The maximum absolute atomic E-state index is 5.77. The van der Waals surface area contributed by atoms with E-state index < -0.39 is 0 Å². The highest BCUT2D eigenvalue weighted by molar-refractivity contribution is 5.05. The van der Waals surface area contributed by atoms with Gasteiger partial charge in [-0.15, -0.1) is 0 Å². The highest BCUT2D eigenvalue weighted by atomic mass is 16.5. The third-order valence-electron chi connectivity index (χ3n) is 3.93. The van der Waals surface area contributed by atoms with Crippen molar-refractivity contribution >= 4 is 0 Å². The van der Waals surface area contributed by atoms with Gasteiger partial charge in [-0.3, -0.25) is 9.80 Å². The molecule has 0 atom stereocenters. The summed E-state index contributed by atoms with van der Waals surface area (Å²) in [7, 11) is 0. The molecule has 0 saturated carbocycles. The van der Waals surface area contributed by atoms with Crippen LogP contribution in [-0.4, -0.2) is 74.5 Å². The van der Waals surface area contributed by atoms with Gasteiger partial charge in [-0.25, -0.2) is 0 Å². The van der Waals surface area contributed by atoms with E-state index in [2.05, 4.69) is 37.5 Å². The van der Waals surface area contributed by atoms with E-state index in [1.54, 1.807) is 0 Å². The fourth-order valence-electron chi connectivity index (χ4n) is 3.14. The van der Waals surface area contributed by atoms with Crippen LogP contribution in [0.3, 0.4) is 0 Å². The van der Waals surface area contributed by atoms with Gasteiger partial charge < -0.3 is 9.47 Å². The van der Waals surface area contributed by atoms with E-state index in [0.29, 0.717) is 5.41 Å². The molecule has 0 aromatic carbocycles. The highest BCUT2D eigenvalue weighted by Gasteiger charge is 2.50. The predicted molar refractivity (Wildman–Crippen MR) is 77.5 cm³/mol. The summed E-state index contributed by atoms with van der Waals surface area (Å²) in [4.78, 5) is 5.03. The van der Waals surface area contributed by atoms with Crippen molar-refractivity contribution in [2.75, 3.05) is 59.1 Å². The van der Waals surface area contributed by atoms with Crippen LogP contribution >= 0.6 is 0 Å². The van der Waals surface area contributed by atoms with Crippen molar-refractivity contribution in [1.82, 2.24) is 9.80 Å². The summed E-state index contributed by atoms with van der Waals surface area (Å²) < 4.78 is 11.2. The van der Waals surface area contributed by atoms with Crippen LogP contribution in [0.4, 0.5) is 0 Å². The van der Waals surface area contributed by atoms with Crippen LogP contribution < -0.4 is 0 Å². The average Bonchev–Trinajstić information content (AvgIpc) is 2.20. The van der Waals surface area contributed by atoms with E-state index in [1.807, 2.05) is 0 Å². The number of hydrogen-bond acceptors (Lipinski definition) is 4. The zero-order valence-corrected chi connectivity index (χ0v) is 13.1. The highest BCUT2D eigenvalue weighted by Crippen LogP contribution is 2.39. The lowest BCUT2D eigenvalue weighted by Crippen LogP contribution is -2.72. The second-order valence-electron chi connectivity index (χ2n) is 7.08. The van der Waals surface area contributed by atoms with Gasteiger partial charge in [-0.05, 0) is 27.7 Å². The number of rotatable bonds is 7. The third kappa shape index (κ3) is 4.42. The van der Waals surface area contributed by atoms with Crippen molar-refractivity contribution in [3.05, 3.63) is 0 Å². The molecule has 4 nitrogen and oxygen atoms in total. The lowest BCUT2D eigenvalue weighted by Gasteiger charge is -2.60. The van der Waals surface area contributed by atoms with Gasteiger partial charge in [-0.1, -0.05) is 0 Å². The second-order valence-corrected chi connectivity index (χ2v) is 7.08. The summed E-state index contributed by atoms with van der Waals surface area (Å²) >= 11 is 0. The fraction of sp³-hybridized carbons (Fsp3) is 1.00. The molecule has 1 spiro atoms. The Labute approximate surface area is 118 Å². The zero-order valence-electron chi connectivity index (χ0n) is 13.1. The van der Waals surface area contributed by atoms with E-state index in [9.17, 15) is 0 Å². The first kappa shape index (κ1) is 15.2. The molecular formula is C15H30N2O2. The van der Waals surface area contributed by atoms with E-state index in [4.69, 9.17) is 9.47 Å². The molecule has 0 aliphatic carbocycles. The largest absolute Gasteiger partial charge is 0.380 e. The first-order valence-corrected chi connectivity index (χ1v) is 7.59. The van der Waals surface area contributed by atoms with Gasteiger partial charge in [0.2, 0.25) is 0 Å². The van der Waals surface area contributed by atoms with Gasteiger partial charge in [0.1, 0.15) is 0 Å². The molecule has 0 unspecified atom stereocenters. The van der Waals surface area contributed by atoms with Gasteiger partial charge in [0, 0.05) is 51.3 Å². The van der Waals surface area contributed by atoms with Crippen LogP contribution in [0.25, 0.3) is 0 Å². The van der Waals surface area contributed by atoms with E-state index in [0.717, 1.165) is 32.9 Å². The summed E-state index contributed by atoms with van der Waals surface area (Å²) in [6.45, 7) is 18.2. The Balaban J connectivity index is 1.51. The molecule has 2 saturated heterocycles. The third-order valence-corrected chi connectivity index (χ3v) is 3.93. The van der Waals surface area contributed by atoms with Crippen LogP contribution in [0, 0.1) is 5.41 Å². The van der Waals surface area contributed by atoms with Crippen LogP contribution in [-0.2, 0) is 9.47 Å². The van der Waals surface area contributed by atoms with E-state index >= 15 is 0 Å². The molecule has 0 aromatic heterocycles. The summed E-state index contributed by atoms with van der Waals surface area (Å²) in [6, 6.07) is 0. The summed E-state index contributed by atoms with van der Waals surface area (Å²) in [5.41, 5.74) is 0.600. The van der Waals surface area contributed by atoms with Crippen LogP contribution in [0.5, 0.6) is 0 Å². The van der Waals surface area contributed by atoms with Crippen LogP contribution in [0.1, 0.15) is 27.7 Å². The minimum Gasteiger partial charge on any atom is -0.380 e. The Morgan fingerprint density at radius 1 is 0.947 bits per heavy atom. The molecule has 0 bridgehead atoms. The number of nitrogens with zero attached hydrogens (tertiary/aromatic N) is 2. The quantitative estimate of drug-likeness (QED) is 0.654. The van der Waals surface area contributed by atoms with Gasteiger partial charge in [-0.2, -0.15) is 0 Å². The zero-order chi connectivity index (χ0) is 13.9. The Kier molecular flexibility index (Phi) is 4.88. The monoisotopic (exact) mass is 270 g/mol. The molecule has 0 radical (unpaired) electrons. The van der Waals surface area contributed by atoms with Crippen molar-refractivity contribution in [3.8, 4) is 0 Å². The number of likely N-dealkylation sites (tertiary alicyclic amines) is 2. The molecule has 0 aromatic rings. The van der Waals surface area contributed by atoms with Crippen molar-refractivity contribution in [1.29, 1.82) is 0 Å². The molecule has 2 aliphatic heterocycles. The first-order valence-electron chi connectivity index (χ1n) is 7.59. The predicted octanol–water partition coefficient (Wildman–Crippen LogP) is 1.46. The van der Waals surface area contributed by atoms with Crippen LogP contribution in [0.2, 0.25) is 0 Å². The number of hydrogen-bond donors (Lipinski definition) is 0. The van der Waals surface area contributed by atoms with Crippen molar-refractivity contribution < 1.29 is 9.47 Å². The van der Waals surface area contributed by atoms with E-state index in [-0.39, 0.29) is 5.60 Å². The van der Waals surface area contributed by atoms with Crippen LogP contribution in [0.15, 0.2) is 0 Å². The molecule has 2 fully saturated rings. The molecule has 0 N–H and O–H groups in total. The van der Waals surface area contributed by atoms with E-state index in [1.165, 1.54) is 26.2 Å². The number of ether oxygens (including phenoxy) is 2. The smallest absolute Gasteiger partial charge is 0.0600 e. The van der Waals surface area contributed by atoms with Gasteiger partial charge in [0.15, 0.2) is 0 Å². The molecular weight excluding hydrogens is 240 g/mol. The molecule has 19 heavy (non-hydrogen) atoms. The molecule has 4 heteroatoms. The normalized spacial score (nSPS) is 23.4. The molecule has 2 aliphatic rings. The Morgan fingerprint density at radius 2 is 1.47 bits per heavy atom. The van der Waals surface area contributed by atoms with Gasteiger partial charge in [0.25, 0.3) is 0 Å². The Hall–Kier alpha value is -0.160. The van der Waals surface area contributed by atoms with Crippen molar-refractivity contribution in [2.24, 2.45) is 5.41 Å². The molecule has 0 amide bonds. The summed E-state index contributed by atoms with van der Waals surface area (Å²) in [5, 5.41) is 0. The second kappa shape index (κ2) is 6.08. The standard InChI is InChI=1S/C15H30N2O2/c1-5-18-8-6-16-10-15(11-16)12-17(13-15)7-9-19-14(2,3)4/h5-13H2,1-4H3. The maximum Gasteiger partial charge on any atom is 0.0600 e. The lowest BCUT2D eigenvalue weighted by atomic mass is 9.73. The molecule has 112 valence electrons. The Bertz CT molecular complexity index is 274. The van der Waals surface area contributed by atoms with Gasteiger partial charge in [0.05, 0.1) is 18.8 Å². The molecule has 2 rings (SSSR count).